The Labute approximate surface area is 116 Å². The molecule has 0 bridgehead atoms. The Morgan fingerprint density at radius 2 is 1.74 bits per heavy atom. The van der Waals surface area contributed by atoms with Crippen LogP contribution in [0.15, 0.2) is 0 Å². The smallest absolute Gasteiger partial charge is 0.282 e. The molecule has 4 atom stereocenters. The van der Waals surface area contributed by atoms with Crippen molar-refractivity contribution in [3.8, 4) is 0 Å². The molecule has 0 aromatic rings. The fourth-order valence-corrected chi connectivity index (χ4v) is 5.61. The molecule has 0 spiro atoms. The first-order valence-corrected chi connectivity index (χ1v) is 8.63. The fraction of sp³-hybridized carbons (Fsp3) is 1.00. The SMILES string of the molecule is CC1CC(C)CN(S(=O)(=O)N2CCC(C)C2CO)C1. The van der Waals surface area contributed by atoms with Crippen molar-refractivity contribution in [2.75, 3.05) is 26.2 Å². The van der Waals surface area contributed by atoms with Crippen LogP contribution in [0.1, 0.15) is 33.6 Å². The summed E-state index contributed by atoms with van der Waals surface area (Å²) < 4.78 is 28.6. The molecule has 0 amide bonds. The third-order valence-corrected chi connectivity index (χ3v) is 6.47. The first-order chi connectivity index (χ1) is 8.86. The Morgan fingerprint density at radius 3 is 2.26 bits per heavy atom. The van der Waals surface area contributed by atoms with Gasteiger partial charge in [0.05, 0.1) is 12.6 Å². The highest BCUT2D eigenvalue weighted by atomic mass is 32.2. The predicted octanol–water partition coefficient (Wildman–Crippen LogP) is 0.912. The van der Waals surface area contributed by atoms with E-state index in [9.17, 15) is 13.5 Å². The summed E-state index contributed by atoms with van der Waals surface area (Å²) >= 11 is 0. The van der Waals surface area contributed by atoms with E-state index in [1.165, 1.54) is 4.31 Å². The molecule has 6 heteroatoms. The van der Waals surface area contributed by atoms with Crippen LogP contribution in [0.4, 0.5) is 0 Å². The molecular formula is C13H26N2O3S. The Hall–Kier alpha value is -0.170. The van der Waals surface area contributed by atoms with Crippen LogP contribution in [-0.2, 0) is 10.2 Å². The zero-order valence-electron chi connectivity index (χ0n) is 12.1. The van der Waals surface area contributed by atoms with E-state index in [4.69, 9.17) is 0 Å². The second-order valence-electron chi connectivity index (χ2n) is 6.40. The summed E-state index contributed by atoms with van der Waals surface area (Å²) in [6.45, 7) is 7.89. The average Bonchev–Trinajstić information content (AvgIpc) is 2.69. The van der Waals surface area contributed by atoms with Crippen LogP contribution in [0.3, 0.4) is 0 Å². The lowest BCUT2D eigenvalue weighted by atomic mass is 9.94. The van der Waals surface area contributed by atoms with E-state index in [0.29, 0.717) is 31.5 Å². The number of piperidine rings is 1. The van der Waals surface area contributed by atoms with Crippen LogP contribution >= 0.6 is 0 Å². The van der Waals surface area contributed by atoms with Crippen molar-refractivity contribution in [1.82, 2.24) is 8.61 Å². The number of hydrogen-bond acceptors (Lipinski definition) is 3. The molecule has 2 aliphatic heterocycles. The Morgan fingerprint density at radius 1 is 1.16 bits per heavy atom. The van der Waals surface area contributed by atoms with E-state index in [0.717, 1.165) is 12.8 Å². The quantitative estimate of drug-likeness (QED) is 0.840. The summed E-state index contributed by atoms with van der Waals surface area (Å²) in [6.07, 6.45) is 1.93. The van der Waals surface area contributed by atoms with Crippen LogP contribution in [0.5, 0.6) is 0 Å². The van der Waals surface area contributed by atoms with Gasteiger partial charge in [0.1, 0.15) is 0 Å². The lowest BCUT2D eigenvalue weighted by Gasteiger charge is -2.37. The summed E-state index contributed by atoms with van der Waals surface area (Å²) in [4.78, 5) is 0. The standard InChI is InChI=1S/C13H26N2O3S/c1-10-6-11(2)8-14(7-10)19(17,18)15-5-4-12(3)13(15)9-16/h10-13,16H,4-9H2,1-3H3. The summed E-state index contributed by atoms with van der Waals surface area (Å²) in [5, 5.41) is 9.45. The Bertz CT molecular complexity index is 402. The predicted molar refractivity (Wildman–Crippen MR) is 74.8 cm³/mol. The van der Waals surface area contributed by atoms with Crippen molar-refractivity contribution in [1.29, 1.82) is 0 Å². The molecule has 0 aromatic carbocycles. The van der Waals surface area contributed by atoms with E-state index >= 15 is 0 Å². The highest BCUT2D eigenvalue weighted by Gasteiger charge is 2.42. The van der Waals surface area contributed by atoms with Gasteiger partial charge in [0, 0.05) is 19.6 Å². The maximum absolute atomic E-state index is 12.7. The zero-order valence-corrected chi connectivity index (χ0v) is 12.9. The van der Waals surface area contributed by atoms with Gasteiger partial charge in [-0.2, -0.15) is 17.0 Å². The molecular weight excluding hydrogens is 264 g/mol. The summed E-state index contributed by atoms with van der Waals surface area (Å²) in [5.41, 5.74) is 0. The molecule has 2 rings (SSSR count). The van der Waals surface area contributed by atoms with Crippen molar-refractivity contribution in [2.45, 2.75) is 39.7 Å². The zero-order chi connectivity index (χ0) is 14.2. The Kier molecular flexibility index (Phi) is 4.55. The number of rotatable bonds is 3. The minimum Gasteiger partial charge on any atom is -0.395 e. The number of aliphatic hydroxyl groups excluding tert-OH is 1. The van der Waals surface area contributed by atoms with E-state index in [-0.39, 0.29) is 18.6 Å². The van der Waals surface area contributed by atoms with Crippen molar-refractivity contribution in [2.24, 2.45) is 17.8 Å². The van der Waals surface area contributed by atoms with Gasteiger partial charge in [0.25, 0.3) is 10.2 Å². The molecule has 4 unspecified atom stereocenters. The number of nitrogens with zero attached hydrogens (tertiary/aromatic N) is 2. The van der Waals surface area contributed by atoms with Crippen molar-refractivity contribution >= 4 is 10.2 Å². The van der Waals surface area contributed by atoms with Gasteiger partial charge >= 0.3 is 0 Å². The normalized spacial score (nSPS) is 38.7. The second kappa shape index (κ2) is 5.68. The maximum Gasteiger partial charge on any atom is 0.282 e. The molecule has 0 aromatic heterocycles. The number of aliphatic hydroxyl groups is 1. The molecule has 0 radical (unpaired) electrons. The number of hydrogen-bond donors (Lipinski definition) is 1. The van der Waals surface area contributed by atoms with Crippen LogP contribution in [0.2, 0.25) is 0 Å². The van der Waals surface area contributed by atoms with Gasteiger partial charge in [0.2, 0.25) is 0 Å². The van der Waals surface area contributed by atoms with Crippen molar-refractivity contribution in [3.63, 3.8) is 0 Å². The van der Waals surface area contributed by atoms with Gasteiger partial charge in [-0.1, -0.05) is 20.8 Å². The largest absolute Gasteiger partial charge is 0.395 e. The van der Waals surface area contributed by atoms with Crippen LogP contribution in [-0.4, -0.2) is 54.4 Å². The molecule has 19 heavy (non-hydrogen) atoms. The first kappa shape index (κ1) is 15.2. The van der Waals surface area contributed by atoms with E-state index in [1.54, 1.807) is 4.31 Å². The van der Waals surface area contributed by atoms with Crippen molar-refractivity contribution < 1.29 is 13.5 Å². The highest BCUT2D eigenvalue weighted by molar-refractivity contribution is 7.86. The van der Waals surface area contributed by atoms with Crippen LogP contribution < -0.4 is 0 Å². The topological polar surface area (TPSA) is 60.9 Å². The molecule has 1 N–H and O–H groups in total. The molecule has 112 valence electrons. The maximum atomic E-state index is 12.7. The molecule has 0 saturated carbocycles. The fourth-order valence-electron chi connectivity index (χ4n) is 3.47. The first-order valence-electron chi connectivity index (χ1n) is 7.24. The highest BCUT2D eigenvalue weighted by Crippen LogP contribution is 2.31. The minimum atomic E-state index is -3.42. The summed E-state index contributed by atoms with van der Waals surface area (Å²) in [7, 11) is -3.42. The third-order valence-electron chi connectivity index (χ3n) is 4.48. The molecule has 2 aliphatic rings. The summed E-state index contributed by atoms with van der Waals surface area (Å²) in [5.74, 6) is 1.05. The van der Waals surface area contributed by atoms with Gasteiger partial charge in [0.15, 0.2) is 0 Å². The van der Waals surface area contributed by atoms with Crippen molar-refractivity contribution in [3.05, 3.63) is 0 Å². The lowest BCUT2D eigenvalue weighted by molar-refractivity contribution is 0.170. The monoisotopic (exact) mass is 290 g/mol. The van der Waals surface area contributed by atoms with Gasteiger partial charge in [-0.05, 0) is 30.6 Å². The molecule has 2 heterocycles. The second-order valence-corrected chi connectivity index (χ2v) is 8.28. The van der Waals surface area contributed by atoms with Gasteiger partial charge < -0.3 is 5.11 Å². The average molecular weight is 290 g/mol. The molecule has 2 saturated heterocycles. The third kappa shape index (κ3) is 2.96. The van der Waals surface area contributed by atoms with Crippen LogP contribution in [0.25, 0.3) is 0 Å². The molecule has 0 aliphatic carbocycles. The van der Waals surface area contributed by atoms with E-state index < -0.39 is 10.2 Å². The Balaban J connectivity index is 2.17. The minimum absolute atomic E-state index is 0.0840. The van der Waals surface area contributed by atoms with Crippen LogP contribution in [0, 0.1) is 17.8 Å². The summed E-state index contributed by atoms with van der Waals surface area (Å²) in [6, 6.07) is -0.252. The lowest BCUT2D eigenvalue weighted by Crippen LogP contribution is -2.52. The van der Waals surface area contributed by atoms with Gasteiger partial charge in [-0.15, -0.1) is 0 Å². The molecule has 2 fully saturated rings. The van der Waals surface area contributed by atoms with E-state index in [1.807, 2.05) is 6.92 Å². The molecule has 5 nitrogen and oxygen atoms in total. The van der Waals surface area contributed by atoms with E-state index in [2.05, 4.69) is 13.8 Å². The van der Waals surface area contributed by atoms with Gasteiger partial charge in [-0.3, -0.25) is 0 Å². The van der Waals surface area contributed by atoms with Gasteiger partial charge in [-0.25, -0.2) is 0 Å².